The van der Waals surface area contributed by atoms with E-state index >= 15 is 0 Å². The Morgan fingerprint density at radius 3 is 1.93 bits per heavy atom. The largest absolute Gasteiger partial charge is 0.419 e. The molecule has 2 aromatic carbocycles. The average Bonchev–Trinajstić information content (AvgIpc) is 3.22. The fourth-order valence-corrected chi connectivity index (χ4v) is 3.08. The third-order valence-electron chi connectivity index (χ3n) is 4.52. The fourth-order valence-electron chi connectivity index (χ4n) is 3.08. The average molecular weight is 395 g/mol. The fraction of sp³-hybridized carbons (Fsp3) is 0.273. The number of ether oxygens (including phenoxy) is 4. The second-order valence-electron chi connectivity index (χ2n) is 7.15. The van der Waals surface area contributed by atoms with Crippen molar-refractivity contribution in [1.82, 2.24) is 0 Å². The smallest absolute Gasteiger partial charge is 0.350 e. The van der Waals surface area contributed by atoms with Gasteiger partial charge in [-0.3, -0.25) is 0 Å². The zero-order chi connectivity index (χ0) is 20.4. The molecule has 0 aliphatic carbocycles. The SMILES string of the molecule is CC1(C)OC(=O)C(=CNc2ccc(-c3ccc(C4OCCO4)cc3)cc2)C(=O)O1. The van der Waals surface area contributed by atoms with Crippen molar-refractivity contribution in [3.05, 3.63) is 65.9 Å². The zero-order valence-corrected chi connectivity index (χ0v) is 16.1. The molecule has 1 N–H and O–H groups in total. The van der Waals surface area contributed by atoms with Gasteiger partial charge in [-0.25, -0.2) is 9.59 Å². The van der Waals surface area contributed by atoms with Gasteiger partial charge in [-0.2, -0.15) is 0 Å². The molecule has 2 fully saturated rings. The van der Waals surface area contributed by atoms with Gasteiger partial charge in [0.25, 0.3) is 5.79 Å². The van der Waals surface area contributed by atoms with Crippen molar-refractivity contribution in [2.24, 2.45) is 0 Å². The summed E-state index contributed by atoms with van der Waals surface area (Å²) in [6, 6.07) is 15.6. The first-order valence-corrected chi connectivity index (χ1v) is 9.28. The minimum atomic E-state index is -1.25. The maximum absolute atomic E-state index is 12.0. The van der Waals surface area contributed by atoms with Crippen LogP contribution in [-0.2, 0) is 28.5 Å². The Hall–Kier alpha value is -3.16. The lowest BCUT2D eigenvalue weighted by Gasteiger charge is -2.29. The van der Waals surface area contributed by atoms with E-state index in [0.29, 0.717) is 13.2 Å². The number of carbonyl (C=O) groups excluding carboxylic acids is 2. The highest BCUT2D eigenvalue weighted by Crippen LogP contribution is 2.27. The molecule has 0 aromatic heterocycles. The molecule has 0 saturated carbocycles. The van der Waals surface area contributed by atoms with E-state index in [0.717, 1.165) is 22.4 Å². The Kier molecular flexibility index (Phi) is 5.08. The summed E-state index contributed by atoms with van der Waals surface area (Å²) in [6.07, 6.45) is 1.01. The van der Waals surface area contributed by atoms with Gasteiger partial charge in [0.2, 0.25) is 0 Å². The number of anilines is 1. The Balaban J connectivity index is 1.43. The van der Waals surface area contributed by atoms with Gasteiger partial charge < -0.3 is 24.3 Å². The van der Waals surface area contributed by atoms with Crippen LogP contribution in [0.5, 0.6) is 0 Å². The molecule has 0 radical (unpaired) electrons. The lowest BCUT2D eigenvalue weighted by atomic mass is 10.0. The summed E-state index contributed by atoms with van der Waals surface area (Å²) in [4.78, 5) is 23.9. The van der Waals surface area contributed by atoms with Crippen molar-refractivity contribution in [3.63, 3.8) is 0 Å². The van der Waals surface area contributed by atoms with Gasteiger partial charge in [-0.05, 0) is 23.3 Å². The van der Waals surface area contributed by atoms with Gasteiger partial charge in [0.05, 0.1) is 13.2 Å². The van der Waals surface area contributed by atoms with Crippen LogP contribution < -0.4 is 5.32 Å². The molecule has 0 spiro atoms. The van der Waals surface area contributed by atoms with Gasteiger partial charge >= 0.3 is 11.9 Å². The minimum absolute atomic E-state index is 0.180. The number of hydrogen-bond acceptors (Lipinski definition) is 7. The topological polar surface area (TPSA) is 83.1 Å². The number of rotatable bonds is 4. The first-order valence-electron chi connectivity index (χ1n) is 9.28. The Morgan fingerprint density at radius 2 is 1.38 bits per heavy atom. The molecule has 0 bridgehead atoms. The van der Waals surface area contributed by atoms with Crippen LogP contribution in [0.25, 0.3) is 11.1 Å². The molecule has 0 atom stereocenters. The molecule has 7 heteroatoms. The summed E-state index contributed by atoms with van der Waals surface area (Å²) in [5.74, 6) is -2.69. The van der Waals surface area contributed by atoms with Gasteiger partial charge in [-0.15, -0.1) is 0 Å². The third-order valence-corrected chi connectivity index (χ3v) is 4.52. The van der Waals surface area contributed by atoms with Gasteiger partial charge in [0.15, 0.2) is 11.9 Å². The van der Waals surface area contributed by atoms with E-state index in [1.165, 1.54) is 20.0 Å². The molecular weight excluding hydrogens is 374 g/mol. The first kappa shape index (κ1) is 19.2. The molecule has 2 heterocycles. The van der Waals surface area contributed by atoms with Crippen molar-refractivity contribution < 1.29 is 28.5 Å². The molecule has 29 heavy (non-hydrogen) atoms. The summed E-state index contributed by atoms with van der Waals surface area (Å²) in [5, 5.41) is 2.93. The highest BCUT2D eigenvalue weighted by Gasteiger charge is 2.38. The van der Waals surface area contributed by atoms with E-state index < -0.39 is 17.7 Å². The predicted octanol–water partition coefficient (Wildman–Crippen LogP) is 3.53. The Bertz CT molecular complexity index is 918. The first-order chi connectivity index (χ1) is 13.9. The van der Waals surface area contributed by atoms with Crippen molar-refractivity contribution in [1.29, 1.82) is 0 Å². The molecule has 150 valence electrons. The molecule has 4 rings (SSSR count). The number of cyclic esters (lactones) is 2. The van der Waals surface area contributed by atoms with Crippen LogP contribution in [-0.4, -0.2) is 30.9 Å². The van der Waals surface area contributed by atoms with Gasteiger partial charge in [-0.1, -0.05) is 36.4 Å². The third kappa shape index (κ3) is 4.31. The zero-order valence-electron chi connectivity index (χ0n) is 16.1. The molecule has 2 aliphatic heterocycles. The number of hydrogen-bond donors (Lipinski definition) is 1. The monoisotopic (exact) mass is 395 g/mol. The Morgan fingerprint density at radius 1 is 0.862 bits per heavy atom. The Labute approximate surface area is 168 Å². The molecule has 7 nitrogen and oxygen atoms in total. The quantitative estimate of drug-likeness (QED) is 0.482. The van der Waals surface area contributed by atoms with E-state index in [4.69, 9.17) is 18.9 Å². The molecule has 2 aliphatic rings. The van der Waals surface area contributed by atoms with Crippen LogP contribution in [0, 0.1) is 0 Å². The van der Waals surface area contributed by atoms with Crippen LogP contribution in [0.4, 0.5) is 5.69 Å². The summed E-state index contributed by atoms with van der Waals surface area (Å²) in [6.45, 7) is 4.24. The van der Waals surface area contributed by atoms with Crippen molar-refractivity contribution in [2.45, 2.75) is 25.9 Å². The summed E-state index contributed by atoms with van der Waals surface area (Å²) < 4.78 is 21.1. The van der Waals surface area contributed by atoms with Crippen molar-refractivity contribution in [2.75, 3.05) is 18.5 Å². The second-order valence-corrected chi connectivity index (χ2v) is 7.15. The van der Waals surface area contributed by atoms with Crippen molar-refractivity contribution >= 4 is 17.6 Å². The molecule has 2 saturated heterocycles. The molecule has 2 aromatic rings. The highest BCUT2D eigenvalue weighted by molar-refractivity contribution is 6.15. The van der Waals surface area contributed by atoms with E-state index in [2.05, 4.69) is 5.32 Å². The lowest BCUT2D eigenvalue weighted by Crippen LogP contribution is -2.42. The lowest BCUT2D eigenvalue weighted by molar-refractivity contribution is -0.222. The van der Waals surface area contributed by atoms with Crippen LogP contribution in [0.3, 0.4) is 0 Å². The number of benzene rings is 2. The van der Waals surface area contributed by atoms with Crippen LogP contribution in [0.15, 0.2) is 60.3 Å². The summed E-state index contributed by atoms with van der Waals surface area (Å²) >= 11 is 0. The minimum Gasteiger partial charge on any atom is -0.419 e. The van der Waals surface area contributed by atoms with Gasteiger partial charge in [0.1, 0.15) is 0 Å². The van der Waals surface area contributed by atoms with Crippen molar-refractivity contribution in [3.8, 4) is 11.1 Å². The maximum Gasteiger partial charge on any atom is 0.350 e. The van der Waals surface area contributed by atoms with Gasteiger partial charge in [0, 0.05) is 31.3 Å². The standard InChI is InChI=1S/C22H21NO6/c1-22(2)28-19(24)18(20(25)29-22)13-23-17-9-7-15(8-10-17)14-3-5-16(6-4-14)21-26-11-12-27-21/h3-10,13,21,23H,11-12H2,1-2H3. The van der Waals surface area contributed by atoms with Crippen LogP contribution >= 0.6 is 0 Å². The molecule has 0 amide bonds. The molecule has 0 unspecified atom stereocenters. The number of carbonyl (C=O) groups is 2. The number of esters is 2. The van der Waals surface area contributed by atoms with E-state index in [-0.39, 0.29) is 11.9 Å². The van der Waals surface area contributed by atoms with E-state index in [1.807, 2.05) is 48.5 Å². The molecular formula is C22H21NO6. The maximum atomic E-state index is 12.0. The predicted molar refractivity (Wildman–Crippen MR) is 104 cm³/mol. The van der Waals surface area contributed by atoms with E-state index in [1.54, 1.807) is 0 Å². The summed E-state index contributed by atoms with van der Waals surface area (Å²) in [5.41, 5.74) is 3.61. The number of nitrogens with one attached hydrogen (secondary N) is 1. The van der Waals surface area contributed by atoms with Crippen LogP contribution in [0.2, 0.25) is 0 Å². The second kappa shape index (κ2) is 7.69. The van der Waals surface area contributed by atoms with Crippen LogP contribution in [0.1, 0.15) is 25.7 Å². The normalized spacial score (nSPS) is 18.9. The summed E-state index contributed by atoms with van der Waals surface area (Å²) in [7, 11) is 0. The highest BCUT2D eigenvalue weighted by atomic mass is 16.7. The van der Waals surface area contributed by atoms with E-state index in [9.17, 15) is 9.59 Å².